The molecule has 0 aliphatic carbocycles. The third-order valence-electron chi connectivity index (χ3n) is 6.26. The highest BCUT2D eigenvalue weighted by atomic mass is 32.1. The molecule has 8 nitrogen and oxygen atoms in total. The van der Waals surface area contributed by atoms with E-state index in [2.05, 4.69) is 21.0 Å². The van der Waals surface area contributed by atoms with Crippen molar-refractivity contribution in [1.29, 1.82) is 5.26 Å². The molecule has 1 spiro atoms. The zero-order valence-electron chi connectivity index (χ0n) is 18.0. The number of piperidine rings is 1. The van der Waals surface area contributed by atoms with Crippen molar-refractivity contribution in [2.75, 3.05) is 13.1 Å². The number of likely N-dealkylation sites (tertiary alicyclic amines) is 1. The second kappa shape index (κ2) is 8.36. The minimum absolute atomic E-state index is 0.0413. The first-order valence-corrected chi connectivity index (χ1v) is 11.3. The fourth-order valence-electron chi connectivity index (χ4n) is 4.48. The van der Waals surface area contributed by atoms with E-state index in [1.807, 2.05) is 41.8 Å². The number of carbonyl (C=O) groups excluding carboxylic acids is 2. The van der Waals surface area contributed by atoms with Gasteiger partial charge in [0, 0.05) is 32.5 Å². The first-order valence-electron chi connectivity index (χ1n) is 10.5. The molecule has 0 bridgehead atoms. The Kier molecular flexibility index (Phi) is 5.77. The van der Waals surface area contributed by atoms with E-state index in [1.165, 1.54) is 0 Å². The summed E-state index contributed by atoms with van der Waals surface area (Å²) in [5, 5.41) is 16.8. The molecule has 9 heteroatoms. The topological polar surface area (TPSA) is 102 Å². The molecule has 3 heterocycles. The molecule has 1 unspecified atom stereocenters. The Morgan fingerprint density at radius 2 is 2.13 bits per heavy atom. The average Bonchev–Trinajstić information content (AvgIpc) is 3.31. The number of nitrogens with zero attached hydrogens (tertiary/aromatic N) is 5. The van der Waals surface area contributed by atoms with Crippen LogP contribution < -0.4 is 5.32 Å². The molecule has 2 fully saturated rings. The summed E-state index contributed by atoms with van der Waals surface area (Å²) < 4.78 is 3.88. The second-order valence-corrected chi connectivity index (χ2v) is 9.37. The van der Waals surface area contributed by atoms with E-state index in [0.29, 0.717) is 48.6 Å². The molecule has 1 atom stereocenters. The van der Waals surface area contributed by atoms with Gasteiger partial charge in [-0.1, -0.05) is 30.5 Å². The number of rotatable bonds is 4. The van der Waals surface area contributed by atoms with Gasteiger partial charge in [0.15, 0.2) is 0 Å². The highest BCUT2D eigenvalue weighted by molar-refractivity contribution is 7.07. The summed E-state index contributed by atoms with van der Waals surface area (Å²) in [7, 11) is 0. The molecule has 162 valence electrons. The van der Waals surface area contributed by atoms with Gasteiger partial charge < -0.3 is 9.80 Å². The van der Waals surface area contributed by atoms with Gasteiger partial charge in [0.1, 0.15) is 4.88 Å². The maximum absolute atomic E-state index is 13.3. The van der Waals surface area contributed by atoms with Crippen molar-refractivity contribution in [2.45, 2.75) is 51.9 Å². The fourth-order valence-corrected chi connectivity index (χ4v) is 5.10. The van der Waals surface area contributed by atoms with E-state index in [4.69, 9.17) is 0 Å². The average molecular weight is 439 g/mol. The van der Waals surface area contributed by atoms with Crippen LogP contribution in [0.3, 0.4) is 0 Å². The molecule has 31 heavy (non-hydrogen) atoms. The largest absolute Gasteiger partial charge is 0.338 e. The molecule has 2 aromatic rings. The standard InChI is InChI=1S/C22H26N6O2S/c1-14(2)18-20(29)28(13-17-6-4-5-16(11-17)12-23)22(24-18)7-9-27(10-8-22)21(30)19-15(3)25-26-31-19/h4-6,11,14,18,24H,7-10,13H2,1-3H3. The van der Waals surface area contributed by atoms with Crippen molar-refractivity contribution < 1.29 is 9.59 Å². The minimum Gasteiger partial charge on any atom is -0.338 e. The summed E-state index contributed by atoms with van der Waals surface area (Å²) in [6.45, 7) is 7.43. The zero-order chi connectivity index (χ0) is 22.2. The van der Waals surface area contributed by atoms with E-state index in [1.54, 1.807) is 13.0 Å². The van der Waals surface area contributed by atoms with E-state index >= 15 is 0 Å². The van der Waals surface area contributed by atoms with E-state index in [0.717, 1.165) is 17.1 Å². The Bertz CT molecular complexity index is 1030. The molecule has 0 radical (unpaired) electrons. The third kappa shape index (κ3) is 3.93. The van der Waals surface area contributed by atoms with Gasteiger partial charge >= 0.3 is 0 Å². The predicted molar refractivity (Wildman–Crippen MR) is 116 cm³/mol. The molecule has 2 aliphatic heterocycles. The lowest BCUT2D eigenvalue weighted by molar-refractivity contribution is -0.134. The summed E-state index contributed by atoms with van der Waals surface area (Å²) in [6, 6.07) is 9.31. The van der Waals surface area contributed by atoms with Crippen molar-refractivity contribution in [1.82, 2.24) is 24.7 Å². The second-order valence-electron chi connectivity index (χ2n) is 8.61. The summed E-state index contributed by atoms with van der Waals surface area (Å²) in [6.07, 6.45) is 1.30. The monoisotopic (exact) mass is 438 g/mol. The van der Waals surface area contributed by atoms with Crippen LogP contribution in [-0.2, 0) is 11.3 Å². The molecule has 1 N–H and O–H groups in total. The molecule has 2 aliphatic rings. The molecule has 4 rings (SSSR count). The lowest BCUT2D eigenvalue weighted by Gasteiger charge is -2.44. The maximum Gasteiger partial charge on any atom is 0.267 e. The van der Waals surface area contributed by atoms with Gasteiger partial charge in [0.25, 0.3) is 5.91 Å². The first kappa shape index (κ1) is 21.4. The lowest BCUT2D eigenvalue weighted by atomic mass is 9.94. The number of hydrogen-bond donors (Lipinski definition) is 1. The van der Waals surface area contributed by atoms with Crippen molar-refractivity contribution >= 4 is 23.3 Å². The van der Waals surface area contributed by atoms with E-state index in [9.17, 15) is 14.9 Å². The number of amides is 2. The number of nitrogens with one attached hydrogen (secondary N) is 1. The number of aryl methyl sites for hydroxylation is 1. The number of nitriles is 1. The highest BCUT2D eigenvalue weighted by Gasteiger charge is 2.52. The minimum atomic E-state index is -0.494. The quantitative estimate of drug-likeness (QED) is 0.786. The maximum atomic E-state index is 13.3. The Morgan fingerprint density at radius 1 is 1.39 bits per heavy atom. The summed E-state index contributed by atoms with van der Waals surface area (Å²) >= 11 is 1.13. The van der Waals surface area contributed by atoms with Crippen LogP contribution in [0.15, 0.2) is 24.3 Å². The molecular formula is C22H26N6O2S. The Morgan fingerprint density at radius 3 is 2.74 bits per heavy atom. The van der Waals surface area contributed by atoms with Gasteiger partial charge in [0.05, 0.1) is 29.0 Å². The van der Waals surface area contributed by atoms with Gasteiger partial charge in [-0.2, -0.15) is 5.26 Å². The van der Waals surface area contributed by atoms with Crippen LogP contribution in [0.1, 0.15) is 53.2 Å². The summed E-state index contributed by atoms with van der Waals surface area (Å²) in [4.78, 5) is 30.6. The van der Waals surface area contributed by atoms with Gasteiger partial charge in [-0.25, -0.2) is 0 Å². The number of carbonyl (C=O) groups is 2. The van der Waals surface area contributed by atoms with Crippen LogP contribution in [0.4, 0.5) is 0 Å². The van der Waals surface area contributed by atoms with Crippen LogP contribution in [0.2, 0.25) is 0 Å². The highest BCUT2D eigenvalue weighted by Crippen LogP contribution is 2.36. The smallest absolute Gasteiger partial charge is 0.267 e. The first-order chi connectivity index (χ1) is 14.8. The molecular weight excluding hydrogens is 412 g/mol. The molecule has 1 aromatic carbocycles. The zero-order valence-corrected chi connectivity index (χ0v) is 18.8. The number of hydrogen-bond acceptors (Lipinski definition) is 7. The van der Waals surface area contributed by atoms with Gasteiger partial charge in [-0.3, -0.25) is 14.9 Å². The summed E-state index contributed by atoms with van der Waals surface area (Å²) in [5.41, 5.74) is 1.68. The third-order valence-corrected chi connectivity index (χ3v) is 7.08. The Hall–Kier alpha value is -2.83. The Balaban J connectivity index is 1.56. The molecule has 2 saturated heterocycles. The van der Waals surface area contributed by atoms with Crippen LogP contribution in [-0.4, -0.2) is 56.0 Å². The van der Waals surface area contributed by atoms with Crippen molar-refractivity contribution in [3.63, 3.8) is 0 Å². The van der Waals surface area contributed by atoms with Gasteiger partial charge in [-0.15, -0.1) is 5.10 Å². The predicted octanol–water partition coefficient (Wildman–Crippen LogP) is 2.31. The number of benzene rings is 1. The van der Waals surface area contributed by atoms with Gasteiger partial charge in [0.2, 0.25) is 5.91 Å². The van der Waals surface area contributed by atoms with Crippen LogP contribution in [0, 0.1) is 24.2 Å². The molecule has 0 saturated carbocycles. The van der Waals surface area contributed by atoms with Crippen molar-refractivity contribution in [2.24, 2.45) is 5.92 Å². The molecule has 1 aromatic heterocycles. The SMILES string of the molecule is Cc1nnsc1C(=O)N1CCC2(CC1)NC(C(C)C)C(=O)N2Cc1cccc(C#N)c1. The molecule has 2 amide bonds. The fraction of sp³-hybridized carbons (Fsp3) is 0.500. The van der Waals surface area contributed by atoms with E-state index in [-0.39, 0.29) is 23.8 Å². The van der Waals surface area contributed by atoms with Crippen molar-refractivity contribution in [3.05, 3.63) is 46.0 Å². The van der Waals surface area contributed by atoms with Crippen LogP contribution in [0.5, 0.6) is 0 Å². The Labute approximate surface area is 186 Å². The lowest BCUT2D eigenvalue weighted by Crippen LogP contribution is -2.59. The van der Waals surface area contributed by atoms with Crippen LogP contribution >= 0.6 is 11.5 Å². The van der Waals surface area contributed by atoms with Crippen molar-refractivity contribution in [3.8, 4) is 6.07 Å². The number of aromatic nitrogens is 2. The van der Waals surface area contributed by atoms with Crippen LogP contribution in [0.25, 0.3) is 0 Å². The van der Waals surface area contributed by atoms with Gasteiger partial charge in [-0.05, 0) is 42.1 Å². The normalized spacial score (nSPS) is 20.5. The summed E-state index contributed by atoms with van der Waals surface area (Å²) in [5.74, 6) is 0.199. The van der Waals surface area contributed by atoms with E-state index < -0.39 is 5.66 Å².